The van der Waals surface area contributed by atoms with Crippen molar-refractivity contribution in [3.63, 3.8) is 0 Å². The van der Waals surface area contributed by atoms with Gasteiger partial charge in [0.2, 0.25) is 5.91 Å². The molecule has 0 radical (unpaired) electrons. The minimum absolute atomic E-state index is 0.158. The number of likely N-dealkylation sites (tertiary alicyclic amines) is 1. The number of benzene rings is 2. The number of anilines is 1. The molecule has 2 aliphatic rings. The molecule has 2 aromatic rings. The van der Waals surface area contributed by atoms with Crippen LogP contribution in [0.1, 0.15) is 23.6 Å². The molecule has 4 rings (SSSR count). The maximum Gasteiger partial charge on any atom is 0.323 e. The largest absolute Gasteiger partial charge is 0.469 e. The van der Waals surface area contributed by atoms with E-state index < -0.39 is 35.8 Å². The average molecular weight is 469 g/mol. The highest BCUT2D eigenvalue weighted by Gasteiger charge is 2.52. The number of carbonyl (C=O) groups excluding carboxylic acids is 3. The van der Waals surface area contributed by atoms with E-state index in [1.807, 2.05) is 31.2 Å². The number of hydrogen-bond donors (Lipinski definition) is 2. The lowest BCUT2D eigenvalue weighted by molar-refractivity contribution is -0.146. The summed E-state index contributed by atoms with van der Waals surface area (Å²) in [5.74, 6) is -1.79. The van der Waals surface area contributed by atoms with E-state index in [1.54, 1.807) is 4.90 Å². The number of hydrogen-bond acceptors (Lipinski definition) is 5. The third kappa shape index (κ3) is 4.89. The highest BCUT2D eigenvalue weighted by Crippen LogP contribution is 2.43. The zero-order valence-electron chi connectivity index (χ0n) is 19.3. The number of rotatable bonds is 4. The Morgan fingerprint density at radius 3 is 2.44 bits per heavy atom. The smallest absolute Gasteiger partial charge is 0.323 e. The standard InChI is InChI=1S/C25H29FN4O4/c1-16-4-3-5-17(14-16)22-20(24(32)34-2)15-21(23(31)29-12-10-27-11-13-29)30(22)25(33)28-19-8-6-18(26)7-9-19/h3-9,14,20-22,27H,10-13,15H2,1-2H3,(H,28,33). The summed E-state index contributed by atoms with van der Waals surface area (Å²) in [6.07, 6.45) is 0.158. The SMILES string of the molecule is COC(=O)C1CC(C(=O)N2CCNCC2)N(C(=O)Nc2ccc(F)cc2)C1c1cccc(C)c1. The lowest BCUT2D eigenvalue weighted by Gasteiger charge is -2.35. The maximum absolute atomic E-state index is 13.6. The van der Waals surface area contributed by atoms with Gasteiger partial charge < -0.3 is 25.2 Å². The summed E-state index contributed by atoms with van der Waals surface area (Å²) in [7, 11) is 1.31. The lowest BCUT2D eigenvalue weighted by atomic mass is 9.92. The van der Waals surface area contributed by atoms with E-state index in [0.717, 1.165) is 11.1 Å². The predicted molar refractivity (Wildman–Crippen MR) is 125 cm³/mol. The van der Waals surface area contributed by atoms with Crippen LogP contribution in [0.3, 0.4) is 0 Å². The van der Waals surface area contributed by atoms with E-state index in [4.69, 9.17) is 4.74 Å². The fourth-order valence-corrected chi connectivity index (χ4v) is 4.80. The van der Waals surface area contributed by atoms with Gasteiger partial charge in [0.1, 0.15) is 11.9 Å². The number of amides is 3. The zero-order valence-corrected chi connectivity index (χ0v) is 19.3. The van der Waals surface area contributed by atoms with E-state index >= 15 is 0 Å². The molecule has 2 heterocycles. The molecule has 3 atom stereocenters. The minimum Gasteiger partial charge on any atom is -0.469 e. The van der Waals surface area contributed by atoms with Gasteiger partial charge in [-0.2, -0.15) is 0 Å². The van der Waals surface area contributed by atoms with Crippen molar-refractivity contribution in [2.45, 2.75) is 25.4 Å². The Kier molecular flexibility index (Phi) is 7.12. The Morgan fingerprint density at radius 2 is 1.79 bits per heavy atom. The summed E-state index contributed by atoms with van der Waals surface area (Å²) in [6, 6.07) is 10.9. The highest BCUT2D eigenvalue weighted by atomic mass is 19.1. The fraction of sp³-hybridized carbons (Fsp3) is 0.400. The highest BCUT2D eigenvalue weighted by molar-refractivity contribution is 5.96. The van der Waals surface area contributed by atoms with Crippen LogP contribution in [0.2, 0.25) is 0 Å². The third-order valence-electron chi connectivity index (χ3n) is 6.43. The first-order chi connectivity index (χ1) is 16.4. The van der Waals surface area contributed by atoms with Crippen LogP contribution in [-0.2, 0) is 14.3 Å². The van der Waals surface area contributed by atoms with Crippen molar-refractivity contribution in [3.05, 3.63) is 65.5 Å². The van der Waals surface area contributed by atoms with Crippen molar-refractivity contribution in [1.29, 1.82) is 0 Å². The lowest BCUT2D eigenvalue weighted by Crippen LogP contribution is -2.54. The van der Waals surface area contributed by atoms with Crippen molar-refractivity contribution < 1.29 is 23.5 Å². The molecular formula is C25H29FN4O4. The normalized spacial score (nSPS) is 22.4. The van der Waals surface area contributed by atoms with Gasteiger partial charge in [0.05, 0.1) is 19.1 Å². The number of aryl methyl sites for hydroxylation is 1. The molecule has 9 heteroatoms. The van der Waals surface area contributed by atoms with Crippen LogP contribution in [-0.4, -0.2) is 67.0 Å². The number of ether oxygens (including phenoxy) is 1. The molecule has 0 saturated carbocycles. The van der Waals surface area contributed by atoms with Crippen LogP contribution < -0.4 is 10.6 Å². The Balaban J connectivity index is 1.73. The van der Waals surface area contributed by atoms with E-state index in [9.17, 15) is 18.8 Å². The van der Waals surface area contributed by atoms with Gasteiger partial charge in [-0.3, -0.25) is 9.59 Å². The van der Waals surface area contributed by atoms with Gasteiger partial charge >= 0.3 is 12.0 Å². The quantitative estimate of drug-likeness (QED) is 0.674. The van der Waals surface area contributed by atoms with Crippen molar-refractivity contribution in [2.24, 2.45) is 5.92 Å². The van der Waals surface area contributed by atoms with Gasteiger partial charge in [-0.05, 0) is 43.2 Å². The monoisotopic (exact) mass is 468 g/mol. The molecule has 0 aromatic heterocycles. The summed E-state index contributed by atoms with van der Waals surface area (Å²) in [5.41, 5.74) is 2.11. The number of nitrogens with zero attached hydrogens (tertiary/aromatic N) is 2. The second-order valence-corrected chi connectivity index (χ2v) is 8.66. The molecule has 2 N–H and O–H groups in total. The first-order valence-electron chi connectivity index (χ1n) is 11.4. The molecule has 8 nitrogen and oxygen atoms in total. The van der Waals surface area contributed by atoms with Crippen LogP contribution >= 0.6 is 0 Å². The van der Waals surface area contributed by atoms with Gasteiger partial charge in [-0.1, -0.05) is 29.8 Å². The molecule has 2 aromatic carbocycles. The summed E-state index contributed by atoms with van der Waals surface area (Å²) in [4.78, 5) is 43.2. The molecule has 3 amide bonds. The molecule has 3 unspecified atom stereocenters. The minimum atomic E-state index is -0.840. The number of piperazine rings is 1. The van der Waals surface area contributed by atoms with Crippen molar-refractivity contribution >= 4 is 23.6 Å². The van der Waals surface area contributed by atoms with Crippen molar-refractivity contribution in [1.82, 2.24) is 15.1 Å². The maximum atomic E-state index is 13.6. The van der Waals surface area contributed by atoms with E-state index in [2.05, 4.69) is 10.6 Å². The van der Waals surface area contributed by atoms with Crippen molar-refractivity contribution in [3.8, 4) is 0 Å². The van der Waals surface area contributed by atoms with Gasteiger partial charge in [-0.25, -0.2) is 9.18 Å². The van der Waals surface area contributed by atoms with Crippen LogP contribution in [0.5, 0.6) is 0 Å². The van der Waals surface area contributed by atoms with Crippen LogP contribution in [0.15, 0.2) is 48.5 Å². The summed E-state index contributed by atoms with van der Waals surface area (Å²) < 4.78 is 18.4. The first kappa shape index (κ1) is 23.7. The topological polar surface area (TPSA) is 91.0 Å². The van der Waals surface area contributed by atoms with Gasteiger partial charge in [0, 0.05) is 31.9 Å². The number of esters is 1. The number of urea groups is 1. The molecule has 34 heavy (non-hydrogen) atoms. The molecule has 0 aliphatic carbocycles. The number of methoxy groups -OCH3 is 1. The molecule has 180 valence electrons. The Bertz CT molecular complexity index is 1060. The Hall–Kier alpha value is -3.46. The molecule has 2 fully saturated rings. The number of halogens is 1. The zero-order chi connectivity index (χ0) is 24.2. The predicted octanol–water partition coefficient (Wildman–Crippen LogP) is 2.70. The first-order valence-corrected chi connectivity index (χ1v) is 11.4. The van der Waals surface area contributed by atoms with Gasteiger partial charge in [-0.15, -0.1) is 0 Å². The summed E-state index contributed by atoms with van der Waals surface area (Å²) in [6.45, 7) is 4.32. The molecule has 2 aliphatic heterocycles. The second-order valence-electron chi connectivity index (χ2n) is 8.66. The van der Waals surface area contributed by atoms with Crippen molar-refractivity contribution in [2.75, 3.05) is 38.6 Å². The molecule has 2 saturated heterocycles. The number of carbonyl (C=O) groups is 3. The second kappa shape index (κ2) is 10.2. The van der Waals surface area contributed by atoms with E-state index in [0.29, 0.717) is 31.9 Å². The van der Waals surface area contributed by atoms with E-state index in [1.165, 1.54) is 36.3 Å². The Labute approximate surface area is 198 Å². The molecule has 0 spiro atoms. The van der Waals surface area contributed by atoms with E-state index in [-0.39, 0.29) is 12.3 Å². The van der Waals surface area contributed by atoms with Crippen LogP contribution in [0.25, 0.3) is 0 Å². The van der Waals surface area contributed by atoms with Crippen LogP contribution in [0, 0.1) is 18.7 Å². The average Bonchev–Trinajstić information content (AvgIpc) is 3.26. The third-order valence-corrected chi connectivity index (χ3v) is 6.43. The molecular weight excluding hydrogens is 439 g/mol. The fourth-order valence-electron chi connectivity index (χ4n) is 4.80. The van der Waals surface area contributed by atoms with Crippen LogP contribution in [0.4, 0.5) is 14.9 Å². The summed E-state index contributed by atoms with van der Waals surface area (Å²) in [5, 5.41) is 5.99. The van der Waals surface area contributed by atoms with Gasteiger partial charge in [0.25, 0.3) is 0 Å². The summed E-state index contributed by atoms with van der Waals surface area (Å²) >= 11 is 0. The van der Waals surface area contributed by atoms with Gasteiger partial charge in [0.15, 0.2) is 0 Å². The molecule has 0 bridgehead atoms. The number of nitrogens with one attached hydrogen (secondary N) is 2. The Morgan fingerprint density at radius 1 is 1.09 bits per heavy atom.